The van der Waals surface area contributed by atoms with E-state index in [9.17, 15) is 4.79 Å². The lowest BCUT2D eigenvalue weighted by molar-refractivity contribution is 0.0963. The van der Waals surface area contributed by atoms with Crippen molar-refractivity contribution in [2.24, 2.45) is 5.92 Å². The quantitative estimate of drug-likeness (QED) is 0.625. The SMILES string of the molecule is CNC(=O)c1ccc(Cn2c(SCC3CCCCC3)nc3ccncc32)cc1. The second-order valence-electron chi connectivity index (χ2n) is 7.44. The molecule has 0 aliphatic heterocycles. The molecule has 28 heavy (non-hydrogen) atoms. The zero-order valence-corrected chi connectivity index (χ0v) is 17.0. The molecule has 1 aliphatic rings. The highest BCUT2D eigenvalue weighted by Crippen LogP contribution is 2.31. The Kier molecular flexibility index (Phi) is 5.95. The Labute approximate surface area is 170 Å². The summed E-state index contributed by atoms with van der Waals surface area (Å²) >= 11 is 1.87. The van der Waals surface area contributed by atoms with E-state index in [4.69, 9.17) is 4.98 Å². The van der Waals surface area contributed by atoms with Crippen LogP contribution in [-0.2, 0) is 6.54 Å². The highest BCUT2D eigenvalue weighted by Gasteiger charge is 2.17. The van der Waals surface area contributed by atoms with Crippen LogP contribution in [0.1, 0.15) is 48.0 Å². The molecule has 3 aromatic rings. The van der Waals surface area contributed by atoms with Crippen LogP contribution in [0.3, 0.4) is 0 Å². The van der Waals surface area contributed by atoms with Gasteiger partial charge in [-0.1, -0.05) is 43.2 Å². The molecule has 146 valence electrons. The van der Waals surface area contributed by atoms with Crippen LogP contribution in [0.2, 0.25) is 0 Å². The molecule has 4 rings (SSSR count). The van der Waals surface area contributed by atoms with Gasteiger partial charge < -0.3 is 9.88 Å². The predicted molar refractivity (Wildman–Crippen MR) is 114 cm³/mol. The summed E-state index contributed by atoms with van der Waals surface area (Å²) in [6.45, 7) is 0.725. The van der Waals surface area contributed by atoms with Gasteiger partial charge in [0, 0.05) is 24.6 Å². The largest absolute Gasteiger partial charge is 0.355 e. The Hall–Kier alpha value is -2.34. The Morgan fingerprint density at radius 1 is 1.18 bits per heavy atom. The summed E-state index contributed by atoms with van der Waals surface area (Å²) in [7, 11) is 1.65. The molecule has 0 atom stereocenters. The molecule has 0 spiro atoms. The second-order valence-corrected chi connectivity index (χ2v) is 8.42. The molecule has 1 amide bonds. The van der Waals surface area contributed by atoms with Crippen molar-refractivity contribution < 1.29 is 4.79 Å². The van der Waals surface area contributed by atoms with E-state index >= 15 is 0 Å². The summed E-state index contributed by atoms with van der Waals surface area (Å²) in [6.07, 6.45) is 10.5. The number of hydrogen-bond donors (Lipinski definition) is 1. The van der Waals surface area contributed by atoms with Crippen molar-refractivity contribution in [3.05, 3.63) is 53.9 Å². The maximum absolute atomic E-state index is 11.8. The van der Waals surface area contributed by atoms with Crippen molar-refractivity contribution in [2.45, 2.75) is 43.8 Å². The van der Waals surface area contributed by atoms with Gasteiger partial charge in [0.15, 0.2) is 5.16 Å². The topological polar surface area (TPSA) is 59.8 Å². The molecule has 6 heteroatoms. The first-order valence-electron chi connectivity index (χ1n) is 9.98. The molecule has 1 aliphatic carbocycles. The van der Waals surface area contributed by atoms with Crippen LogP contribution in [0.25, 0.3) is 11.0 Å². The molecule has 1 fully saturated rings. The fourth-order valence-electron chi connectivity index (χ4n) is 3.85. The van der Waals surface area contributed by atoms with E-state index in [1.807, 2.05) is 48.3 Å². The van der Waals surface area contributed by atoms with Crippen LogP contribution in [0.5, 0.6) is 0 Å². The van der Waals surface area contributed by atoms with Gasteiger partial charge in [-0.25, -0.2) is 4.98 Å². The number of nitrogens with one attached hydrogen (secondary N) is 1. The van der Waals surface area contributed by atoms with E-state index in [-0.39, 0.29) is 5.91 Å². The fraction of sp³-hybridized carbons (Fsp3) is 0.409. The number of nitrogens with zero attached hydrogens (tertiary/aromatic N) is 3. The molecule has 1 aromatic carbocycles. The lowest BCUT2D eigenvalue weighted by Gasteiger charge is -2.21. The molecular formula is C22H26N4OS. The lowest BCUT2D eigenvalue weighted by atomic mass is 9.91. The summed E-state index contributed by atoms with van der Waals surface area (Å²) in [4.78, 5) is 20.9. The van der Waals surface area contributed by atoms with Gasteiger partial charge in [0.1, 0.15) is 0 Å². The van der Waals surface area contributed by atoms with Gasteiger partial charge >= 0.3 is 0 Å². The molecule has 0 radical (unpaired) electrons. The van der Waals surface area contributed by atoms with Gasteiger partial charge in [0.25, 0.3) is 5.91 Å². The normalized spacial score (nSPS) is 15.0. The highest BCUT2D eigenvalue weighted by molar-refractivity contribution is 7.99. The van der Waals surface area contributed by atoms with Crippen LogP contribution >= 0.6 is 11.8 Å². The molecular weight excluding hydrogens is 368 g/mol. The number of carbonyl (C=O) groups excluding carboxylic acids is 1. The van der Waals surface area contributed by atoms with Crippen LogP contribution < -0.4 is 5.32 Å². The highest BCUT2D eigenvalue weighted by atomic mass is 32.2. The maximum atomic E-state index is 11.8. The molecule has 0 bridgehead atoms. The van der Waals surface area contributed by atoms with Gasteiger partial charge in [-0.2, -0.15) is 0 Å². The number of benzene rings is 1. The third kappa shape index (κ3) is 4.22. The van der Waals surface area contributed by atoms with E-state index in [0.717, 1.165) is 40.0 Å². The van der Waals surface area contributed by atoms with E-state index in [1.54, 1.807) is 13.2 Å². The lowest BCUT2D eigenvalue weighted by Crippen LogP contribution is -2.17. The summed E-state index contributed by atoms with van der Waals surface area (Å²) in [5, 5.41) is 3.72. The van der Waals surface area contributed by atoms with Gasteiger partial charge in [-0.3, -0.25) is 9.78 Å². The van der Waals surface area contributed by atoms with Gasteiger partial charge in [0.2, 0.25) is 0 Å². The minimum Gasteiger partial charge on any atom is -0.355 e. The molecule has 5 nitrogen and oxygen atoms in total. The summed E-state index contributed by atoms with van der Waals surface area (Å²) in [5.74, 6) is 1.87. The van der Waals surface area contributed by atoms with Crippen molar-refractivity contribution >= 4 is 28.7 Å². The van der Waals surface area contributed by atoms with Crippen LogP contribution in [-0.4, -0.2) is 33.2 Å². The smallest absolute Gasteiger partial charge is 0.251 e. The number of carbonyl (C=O) groups is 1. The summed E-state index contributed by atoms with van der Waals surface area (Å²) in [6, 6.07) is 9.76. The predicted octanol–water partition coefficient (Wildman–Crippen LogP) is 4.51. The van der Waals surface area contributed by atoms with E-state index in [0.29, 0.717) is 5.56 Å². The van der Waals surface area contributed by atoms with Gasteiger partial charge in [-0.05, 0) is 42.5 Å². The number of pyridine rings is 1. The van der Waals surface area contributed by atoms with Crippen molar-refractivity contribution in [1.29, 1.82) is 0 Å². The summed E-state index contributed by atoms with van der Waals surface area (Å²) < 4.78 is 2.25. The standard InChI is InChI=1S/C22H26N4OS/c1-23-21(27)18-9-7-16(8-10-18)14-26-20-13-24-12-11-19(20)25-22(26)28-15-17-5-3-2-4-6-17/h7-13,17H,2-6,14-15H2,1H3,(H,23,27). The van der Waals surface area contributed by atoms with Crippen molar-refractivity contribution in [3.8, 4) is 0 Å². The number of rotatable bonds is 6. The van der Waals surface area contributed by atoms with Crippen molar-refractivity contribution in [2.75, 3.05) is 12.8 Å². The Morgan fingerprint density at radius 3 is 2.71 bits per heavy atom. The van der Waals surface area contributed by atoms with Crippen molar-refractivity contribution in [1.82, 2.24) is 19.9 Å². The number of fused-ring (bicyclic) bond motifs is 1. The minimum absolute atomic E-state index is 0.0624. The minimum atomic E-state index is -0.0624. The first kappa shape index (κ1) is 19.0. The number of amides is 1. The van der Waals surface area contributed by atoms with E-state index in [1.165, 1.54) is 32.1 Å². The average molecular weight is 395 g/mol. The molecule has 0 unspecified atom stereocenters. The maximum Gasteiger partial charge on any atom is 0.251 e. The molecule has 0 saturated heterocycles. The zero-order chi connectivity index (χ0) is 19.3. The molecule has 2 aromatic heterocycles. The average Bonchev–Trinajstić information content (AvgIpc) is 3.10. The Balaban J connectivity index is 1.56. The molecule has 1 saturated carbocycles. The van der Waals surface area contributed by atoms with E-state index in [2.05, 4.69) is 14.9 Å². The number of imidazole rings is 1. The van der Waals surface area contributed by atoms with Crippen molar-refractivity contribution in [3.63, 3.8) is 0 Å². The third-order valence-electron chi connectivity index (χ3n) is 5.47. The third-order valence-corrected chi connectivity index (χ3v) is 6.68. The van der Waals surface area contributed by atoms with E-state index < -0.39 is 0 Å². The number of thioether (sulfide) groups is 1. The molecule has 1 N–H and O–H groups in total. The van der Waals surface area contributed by atoms with Crippen LogP contribution in [0, 0.1) is 5.92 Å². The monoisotopic (exact) mass is 394 g/mol. The van der Waals surface area contributed by atoms with Crippen LogP contribution in [0.15, 0.2) is 47.9 Å². The van der Waals surface area contributed by atoms with Crippen LogP contribution in [0.4, 0.5) is 0 Å². The van der Waals surface area contributed by atoms with Gasteiger partial charge in [0.05, 0.1) is 23.8 Å². The second kappa shape index (κ2) is 8.78. The Morgan fingerprint density at radius 2 is 1.96 bits per heavy atom. The molecule has 2 heterocycles. The summed E-state index contributed by atoms with van der Waals surface area (Å²) in [5.41, 5.74) is 3.87. The van der Waals surface area contributed by atoms with Gasteiger partial charge in [-0.15, -0.1) is 0 Å². The first-order chi connectivity index (χ1) is 13.7. The Bertz CT molecular complexity index is 945. The fourth-order valence-corrected chi connectivity index (χ4v) is 5.05. The number of hydrogen-bond acceptors (Lipinski definition) is 4. The first-order valence-corrected chi connectivity index (χ1v) is 11.0. The number of aromatic nitrogens is 3. The zero-order valence-electron chi connectivity index (χ0n) is 16.2.